The SMILES string of the molecule is Cc1ccccc1/C=C1\NC(=O)N(c2ccccc2)C1=O. The summed E-state index contributed by atoms with van der Waals surface area (Å²) in [6.45, 7) is 1.96. The second-order valence-corrected chi connectivity index (χ2v) is 4.82. The molecule has 1 saturated heterocycles. The molecule has 1 fully saturated rings. The molecule has 1 aliphatic heterocycles. The molecule has 0 bridgehead atoms. The Hall–Kier alpha value is -2.88. The fourth-order valence-electron chi connectivity index (χ4n) is 2.25. The van der Waals surface area contributed by atoms with E-state index < -0.39 is 6.03 Å². The Kier molecular flexibility index (Phi) is 3.28. The zero-order chi connectivity index (χ0) is 14.8. The van der Waals surface area contributed by atoms with E-state index in [-0.39, 0.29) is 11.6 Å². The van der Waals surface area contributed by atoms with Crippen LogP contribution in [-0.4, -0.2) is 11.9 Å². The Morgan fingerprint density at radius 1 is 0.952 bits per heavy atom. The van der Waals surface area contributed by atoms with Crippen LogP contribution < -0.4 is 10.2 Å². The van der Waals surface area contributed by atoms with Crippen molar-refractivity contribution in [3.63, 3.8) is 0 Å². The Balaban J connectivity index is 1.96. The average Bonchev–Trinajstić information content (AvgIpc) is 2.77. The van der Waals surface area contributed by atoms with E-state index in [1.54, 1.807) is 30.3 Å². The predicted octanol–water partition coefficient (Wildman–Crippen LogP) is 3.09. The minimum Gasteiger partial charge on any atom is -0.302 e. The number of imide groups is 1. The first-order valence-corrected chi connectivity index (χ1v) is 6.64. The Morgan fingerprint density at radius 2 is 1.62 bits per heavy atom. The second-order valence-electron chi connectivity index (χ2n) is 4.82. The zero-order valence-corrected chi connectivity index (χ0v) is 11.5. The van der Waals surface area contributed by atoms with Gasteiger partial charge in [0, 0.05) is 0 Å². The number of para-hydroxylation sites is 1. The van der Waals surface area contributed by atoms with Crippen molar-refractivity contribution >= 4 is 23.7 Å². The lowest BCUT2D eigenvalue weighted by atomic mass is 10.1. The number of hydrogen-bond donors (Lipinski definition) is 1. The molecule has 3 amide bonds. The molecular formula is C17H14N2O2. The van der Waals surface area contributed by atoms with Crippen LogP contribution in [0.5, 0.6) is 0 Å². The van der Waals surface area contributed by atoms with Crippen LogP contribution in [-0.2, 0) is 4.79 Å². The van der Waals surface area contributed by atoms with E-state index in [9.17, 15) is 9.59 Å². The number of carbonyl (C=O) groups is 2. The van der Waals surface area contributed by atoms with Gasteiger partial charge in [-0.2, -0.15) is 0 Å². The van der Waals surface area contributed by atoms with Crippen LogP contribution in [0.4, 0.5) is 10.5 Å². The molecule has 4 heteroatoms. The molecule has 2 aromatic rings. The van der Waals surface area contributed by atoms with Gasteiger partial charge in [-0.1, -0.05) is 42.5 Å². The van der Waals surface area contributed by atoms with Gasteiger partial charge in [0.2, 0.25) is 0 Å². The third kappa shape index (κ3) is 2.43. The number of amides is 3. The Bertz CT molecular complexity index is 735. The third-order valence-electron chi connectivity index (χ3n) is 3.38. The largest absolute Gasteiger partial charge is 0.333 e. The number of rotatable bonds is 2. The molecule has 0 spiro atoms. The smallest absolute Gasteiger partial charge is 0.302 e. The van der Waals surface area contributed by atoms with Gasteiger partial charge in [0.25, 0.3) is 5.91 Å². The second kappa shape index (κ2) is 5.25. The van der Waals surface area contributed by atoms with Gasteiger partial charge >= 0.3 is 6.03 Å². The normalized spacial score (nSPS) is 16.4. The lowest BCUT2D eigenvalue weighted by Crippen LogP contribution is -2.30. The maximum atomic E-state index is 12.4. The van der Waals surface area contributed by atoms with Crippen molar-refractivity contribution in [1.82, 2.24) is 5.32 Å². The van der Waals surface area contributed by atoms with Gasteiger partial charge in [0.05, 0.1) is 5.69 Å². The lowest BCUT2D eigenvalue weighted by molar-refractivity contribution is -0.113. The highest BCUT2D eigenvalue weighted by atomic mass is 16.2. The quantitative estimate of drug-likeness (QED) is 0.678. The van der Waals surface area contributed by atoms with Crippen LogP contribution in [0.3, 0.4) is 0 Å². The minimum atomic E-state index is -0.425. The first kappa shape index (κ1) is 13.1. The highest BCUT2D eigenvalue weighted by Gasteiger charge is 2.34. The lowest BCUT2D eigenvalue weighted by Gasteiger charge is -2.10. The van der Waals surface area contributed by atoms with Crippen LogP contribution in [0, 0.1) is 6.92 Å². The van der Waals surface area contributed by atoms with Crippen molar-refractivity contribution in [2.24, 2.45) is 0 Å². The van der Waals surface area contributed by atoms with Gasteiger partial charge in [-0.3, -0.25) is 4.79 Å². The molecule has 1 heterocycles. The molecule has 1 aliphatic rings. The maximum Gasteiger partial charge on any atom is 0.333 e. The molecule has 0 atom stereocenters. The van der Waals surface area contributed by atoms with Crippen molar-refractivity contribution in [2.45, 2.75) is 6.92 Å². The van der Waals surface area contributed by atoms with Gasteiger partial charge < -0.3 is 5.32 Å². The summed E-state index contributed by atoms with van der Waals surface area (Å²) in [6.07, 6.45) is 1.71. The molecule has 21 heavy (non-hydrogen) atoms. The summed E-state index contributed by atoms with van der Waals surface area (Å²) in [5, 5.41) is 2.63. The highest BCUT2D eigenvalue weighted by Crippen LogP contribution is 2.22. The van der Waals surface area contributed by atoms with Crippen LogP contribution in [0.25, 0.3) is 6.08 Å². The van der Waals surface area contributed by atoms with Crippen molar-refractivity contribution in [2.75, 3.05) is 4.90 Å². The topological polar surface area (TPSA) is 49.4 Å². The highest BCUT2D eigenvalue weighted by molar-refractivity contribution is 6.28. The van der Waals surface area contributed by atoms with Gasteiger partial charge in [-0.15, -0.1) is 0 Å². The van der Waals surface area contributed by atoms with Crippen LogP contribution in [0.2, 0.25) is 0 Å². The van der Waals surface area contributed by atoms with E-state index >= 15 is 0 Å². The molecule has 2 aromatic carbocycles. The molecule has 3 rings (SSSR count). The Morgan fingerprint density at radius 3 is 2.33 bits per heavy atom. The van der Waals surface area contributed by atoms with E-state index in [0.29, 0.717) is 5.69 Å². The van der Waals surface area contributed by atoms with Crippen molar-refractivity contribution in [3.8, 4) is 0 Å². The summed E-state index contributed by atoms with van der Waals surface area (Å²) in [7, 11) is 0. The fourth-order valence-corrected chi connectivity index (χ4v) is 2.25. The average molecular weight is 278 g/mol. The Labute approximate surface area is 122 Å². The van der Waals surface area contributed by atoms with Crippen molar-refractivity contribution < 1.29 is 9.59 Å². The molecule has 0 saturated carbocycles. The minimum absolute atomic E-state index is 0.290. The number of nitrogens with one attached hydrogen (secondary N) is 1. The van der Waals surface area contributed by atoms with Gasteiger partial charge in [-0.25, -0.2) is 9.69 Å². The van der Waals surface area contributed by atoms with E-state index in [1.165, 1.54) is 0 Å². The van der Waals surface area contributed by atoms with Crippen LogP contribution in [0.1, 0.15) is 11.1 Å². The summed E-state index contributed by atoms with van der Waals surface area (Å²) in [6, 6.07) is 16.2. The van der Waals surface area contributed by atoms with E-state index in [2.05, 4.69) is 5.32 Å². The molecular weight excluding hydrogens is 264 g/mol. The van der Waals surface area contributed by atoms with Crippen molar-refractivity contribution in [3.05, 3.63) is 71.4 Å². The summed E-state index contributed by atoms with van der Waals surface area (Å²) >= 11 is 0. The molecule has 104 valence electrons. The first-order valence-electron chi connectivity index (χ1n) is 6.64. The summed E-state index contributed by atoms with van der Waals surface area (Å²) in [5.41, 5.74) is 2.81. The molecule has 4 nitrogen and oxygen atoms in total. The van der Waals surface area contributed by atoms with Gasteiger partial charge in [-0.05, 0) is 36.3 Å². The molecule has 0 radical (unpaired) electrons. The number of benzene rings is 2. The van der Waals surface area contributed by atoms with E-state index in [4.69, 9.17) is 0 Å². The van der Waals surface area contributed by atoms with Crippen molar-refractivity contribution in [1.29, 1.82) is 0 Å². The van der Waals surface area contributed by atoms with Gasteiger partial charge in [0.1, 0.15) is 5.70 Å². The third-order valence-corrected chi connectivity index (χ3v) is 3.38. The van der Waals surface area contributed by atoms with E-state index in [1.807, 2.05) is 37.3 Å². The maximum absolute atomic E-state index is 12.4. The molecule has 0 aliphatic carbocycles. The zero-order valence-electron chi connectivity index (χ0n) is 11.5. The van der Waals surface area contributed by atoms with Gasteiger partial charge in [0.15, 0.2) is 0 Å². The number of urea groups is 1. The molecule has 1 N–H and O–H groups in total. The monoisotopic (exact) mass is 278 g/mol. The van der Waals surface area contributed by atoms with E-state index in [0.717, 1.165) is 16.0 Å². The summed E-state index contributed by atoms with van der Waals surface area (Å²) in [4.78, 5) is 25.6. The number of anilines is 1. The number of carbonyl (C=O) groups excluding carboxylic acids is 2. The fraction of sp³-hybridized carbons (Fsp3) is 0.0588. The summed E-state index contributed by atoms with van der Waals surface area (Å²) < 4.78 is 0. The molecule has 0 unspecified atom stereocenters. The number of nitrogens with zero attached hydrogens (tertiary/aromatic N) is 1. The summed E-state index contributed by atoms with van der Waals surface area (Å²) in [5.74, 6) is -0.338. The number of hydrogen-bond acceptors (Lipinski definition) is 2. The molecule has 0 aromatic heterocycles. The van der Waals surface area contributed by atoms with Crippen LogP contribution in [0.15, 0.2) is 60.3 Å². The first-order chi connectivity index (χ1) is 10.2. The predicted molar refractivity (Wildman–Crippen MR) is 81.6 cm³/mol. The number of aryl methyl sites for hydroxylation is 1. The standard InChI is InChI=1S/C17H14N2O2/c1-12-7-5-6-8-13(12)11-15-16(20)19(17(21)18-15)14-9-3-2-4-10-14/h2-11H,1H3,(H,18,21)/b15-11-. The van der Waals surface area contributed by atoms with Crippen LogP contribution >= 0.6 is 0 Å².